The molecule has 0 saturated carbocycles. The summed E-state index contributed by atoms with van der Waals surface area (Å²) in [7, 11) is 1.67. The summed E-state index contributed by atoms with van der Waals surface area (Å²) in [6.45, 7) is 4.98. The van der Waals surface area contributed by atoms with Crippen molar-refractivity contribution in [1.82, 2.24) is 5.32 Å². The Morgan fingerprint density at radius 1 is 1.05 bits per heavy atom. The molecule has 0 unspecified atom stereocenters. The van der Waals surface area contributed by atoms with Crippen molar-refractivity contribution in [3.8, 4) is 16.9 Å². The van der Waals surface area contributed by atoms with Crippen LogP contribution in [0.5, 0.6) is 5.75 Å². The Morgan fingerprint density at radius 2 is 1.81 bits per heavy atom. The number of halogens is 2. The van der Waals surface area contributed by atoms with E-state index in [4.69, 9.17) is 27.9 Å². The van der Waals surface area contributed by atoms with Crippen molar-refractivity contribution in [2.24, 2.45) is 0 Å². The number of methoxy groups -OCH3 is 1. The van der Waals surface area contributed by atoms with Gasteiger partial charge >= 0.3 is 0 Å². The van der Waals surface area contributed by atoms with Gasteiger partial charge in [0.15, 0.2) is 0 Å². The zero-order valence-corrected chi connectivity index (χ0v) is 13.9. The molecule has 2 nitrogen and oxygen atoms in total. The summed E-state index contributed by atoms with van der Waals surface area (Å²) in [6, 6.07) is 11.9. The van der Waals surface area contributed by atoms with Crippen molar-refractivity contribution >= 4 is 23.2 Å². The van der Waals surface area contributed by atoms with Crippen molar-refractivity contribution in [1.29, 1.82) is 0 Å². The van der Waals surface area contributed by atoms with Gasteiger partial charge in [0.05, 0.1) is 7.11 Å². The Morgan fingerprint density at radius 3 is 2.48 bits per heavy atom. The van der Waals surface area contributed by atoms with Crippen LogP contribution in [0.15, 0.2) is 36.4 Å². The first-order valence-electron chi connectivity index (χ1n) is 6.87. The summed E-state index contributed by atoms with van der Waals surface area (Å²) in [5.41, 5.74) is 3.14. The summed E-state index contributed by atoms with van der Waals surface area (Å²) < 4.78 is 5.32. The molecule has 0 heterocycles. The Balaban J connectivity index is 2.48. The molecule has 1 N–H and O–H groups in total. The summed E-state index contributed by atoms with van der Waals surface area (Å²) in [6.07, 6.45) is 0. The first-order chi connectivity index (χ1) is 10.0. The third-order valence-corrected chi connectivity index (χ3v) is 3.80. The second kappa shape index (κ2) is 7.17. The fraction of sp³-hybridized carbons (Fsp3) is 0.294. The lowest BCUT2D eigenvalue weighted by Crippen LogP contribution is -2.22. The topological polar surface area (TPSA) is 21.3 Å². The maximum absolute atomic E-state index is 6.33. The molecule has 0 aromatic heterocycles. The molecule has 0 amide bonds. The highest BCUT2D eigenvalue weighted by Crippen LogP contribution is 2.34. The Labute approximate surface area is 136 Å². The minimum absolute atomic E-state index is 0.402. The van der Waals surface area contributed by atoms with Gasteiger partial charge in [0.2, 0.25) is 0 Å². The summed E-state index contributed by atoms with van der Waals surface area (Å²) in [5.74, 6) is 0.831. The molecule has 2 aromatic carbocycles. The minimum Gasteiger partial charge on any atom is -0.497 e. The highest BCUT2D eigenvalue weighted by molar-refractivity contribution is 6.35. The van der Waals surface area contributed by atoms with Gasteiger partial charge in [-0.05, 0) is 41.5 Å². The van der Waals surface area contributed by atoms with Gasteiger partial charge < -0.3 is 10.1 Å². The van der Waals surface area contributed by atoms with Crippen LogP contribution in [0.3, 0.4) is 0 Å². The molecule has 0 saturated heterocycles. The van der Waals surface area contributed by atoms with Gasteiger partial charge in [-0.2, -0.15) is 0 Å². The summed E-state index contributed by atoms with van der Waals surface area (Å²) >= 11 is 12.4. The van der Waals surface area contributed by atoms with Gasteiger partial charge in [0, 0.05) is 28.2 Å². The normalized spacial score (nSPS) is 11.0. The number of benzene rings is 2. The summed E-state index contributed by atoms with van der Waals surface area (Å²) in [5, 5.41) is 4.79. The minimum atomic E-state index is 0.402. The predicted octanol–water partition coefficient (Wildman–Crippen LogP) is 5.17. The maximum atomic E-state index is 6.33. The zero-order chi connectivity index (χ0) is 15.4. The molecular weight excluding hydrogens is 305 g/mol. The van der Waals surface area contributed by atoms with Gasteiger partial charge in [-0.1, -0.05) is 43.1 Å². The molecule has 0 radical (unpaired) electrons. The number of hydrogen-bond acceptors (Lipinski definition) is 2. The van der Waals surface area contributed by atoms with E-state index in [9.17, 15) is 0 Å². The number of hydrogen-bond donors (Lipinski definition) is 1. The van der Waals surface area contributed by atoms with E-state index in [2.05, 4.69) is 19.2 Å². The first-order valence-corrected chi connectivity index (χ1v) is 7.62. The van der Waals surface area contributed by atoms with Crippen LogP contribution in [0.25, 0.3) is 11.1 Å². The molecule has 0 aliphatic carbocycles. The highest BCUT2D eigenvalue weighted by atomic mass is 35.5. The third-order valence-electron chi connectivity index (χ3n) is 3.23. The van der Waals surface area contributed by atoms with Crippen LogP contribution >= 0.6 is 23.2 Å². The van der Waals surface area contributed by atoms with E-state index in [1.807, 2.05) is 30.3 Å². The number of rotatable bonds is 5. The quantitative estimate of drug-likeness (QED) is 0.819. The Kier molecular flexibility index (Phi) is 5.51. The van der Waals surface area contributed by atoms with Crippen molar-refractivity contribution in [3.05, 3.63) is 52.0 Å². The molecule has 0 fully saturated rings. The van der Waals surface area contributed by atoms with Crippen molar-refractivity contribution in [2.45, 2.75) is 26.4 Å². The largest absolute Gasteiger partial charge is 0.497 e. The monoisotopic (exact) mass is 323 g/mol. The standard InChI is InChI=1S/C17H19Cl2NO/c1-11(2)20-10-12-8-14(21-3)5-6-15(12)16-9-13(18)4-7-17(16)19/h4-9,11,20H,10H2,1-3H3. The van der Waals surface area contributed by atoms with Crippen molar-refractivity contribution in [2.75, 3.05) is 7.11 Å². The lowest BCUT2D eigenvalue weighted by molar-refractivity contribution is 0.414. The van der Waals surface area contributed by atoms with Gasteiger partial charge in [0.1, 0.15) is 5.75 Å². The van der Waals surface area contributed by atoms with Crippen LogP contribution in [-0.4, -0.2) is 13.2 Å². The lowest BCUT2D eigenvalue weighted by atomic mass is 9.99. The zero-order valence-electron chi connectivity index (χ0n) is 12.4. The molecule has 0 aliphatic heterocycles. The van der Waals surface area contributed by atoms with Gasteiger partial charge in [-0.15, -0.1) is 0 Å². The van der Waals surface area contributed by atoms with Crippen molar-refractivity contribution in [3.63, 3.8) is 0 Å². The fourth-order valence-electron chi connectivity index (χ4n) is 2.12. The smallest absolute Gasteiger partial charge is 0.119 e. The van der Waals surface area contributed by atoms with Gasteiger partial charge in [-0.3, -0.25) is 0 Å². The Bertz CT molecular complexity index is 626. The van der Waals surface area contributed by atoms with Crippen LogP contribution in [0, 0.1) is 0 Å². The van der Waals surface area contributed by atoms with Crippen LogP contribution in [0.4, 0.5) is 0 Å². The molecule has 2 rings (SSSR count). The van der Waals surface area contributed by atoms with E-state index in [1.54, 1.807) is 13.2 Å². The Hall–Kier alpha value is -1.22. The van der Waals surface area contributed by atoms with E-state index in [0.29, 0.717) is 16.1 Å². The average Bonchev–Trinajstić information content (AvgIpc) is 2.47. The molecule has 112 valence electrons. The third kappa shape index (κ3) is 4.13. The molecule has 21 heavy (non-hydrogen) atoms. The van der Waals surface area contributed by atoms with E-state index in [0.717, 1.165) is 29.0 Å². The highest BCUT2D eigenvalue weighted by Gasteiger charge is 2.11. The number of ether oxygens (including phenoxy) is 1. The van der Waals surface area contributed by atoms with Crippen LogP contribution in [-0.2, 0) is 6.54 Å². The predicted molar refractivity (Wildman–Crippen MR) is 90.4 cm³/mol. The molecule has 2 aromatic rings. The molecule has 4 heteroatoms. The SMILES string of the molecule is COc1ccc(-c2cc(Cl)ccc2Cl)c(CNC(C)C)c1. The van der Waals surface area contributed by atoms with Crippen molar-refractivity contribution < 1.29 is 4.74 Å². The second-order valence-corrected chi connectivity index (χ2v) is 6.03. The second-order valence-electron chi connectivity index (χ2n) is 5.18. The molecule has 0 spiro atoms. The van der Waals surface area contributed by atoms with Gasteiger partial charge in [-0.25, -0.2) is 0 Å². The maximum Gasteiger partial charge on any atom is 0.119 e. The summed E-state index contributed by atoms with van der Waals surface area (Å²) in [4.78, 5) is 0. The van der Waals surface area contributed by atoms with Crippen LogP contribution in [0.2, 0.25) is 10.0 Å². The molecule has 0 aliphatic rings. The van der Waals surface area contributed by atoms with Crippen LogP contribution < -0.4 is 10.1 Å². The van der Waals surface area contributed by atoms with Crippen LogP contribution in [0.1, 0.15) is 19.4 Å². The van der Waals surface area contributed by atoms with E-state index < -0.39 is 0 Å². The van der Waals surface area contributed by atoms with Gasteiger partial charge in [0.25, 0.3) is 0 Å². The van der Waals surface area contributed by atoms with E-state index in [-0.39, 0.29) is 0 Å². The molecular formula is C17H19Cl2NO. The molecule has 0 atom stereocenters. The number of nitrogens with one attached hydrogen (secondary N) is 1. The van der Waals surface area contributed by atoms with E-state index in [1.165, 1.54) is 0 Å². The average molecular weight is 324 g/mol. The lowest BCUT2D eigenvalue weighted by Gasteiger charge is -2.15. The first kappa shape index (κ1) is 16.2. The molecule has 0 bridgehead atoms. The fourth-order valence-corrected chi connectivity index (χ4v) is 2.52. The van der Waals surface area contributed by atoms with E-state index >= 15 is 0 Å².